The number of hydrogen-bond donors (Lipinski definition) is 0. The number of rotatable bonds is 21. The lowest BCUT2D eigenvalue weighted by molar-refractivity contribution is -0.139. The minimum Gasteiger partial charge on any atom is -0.462 e. The van der Waals surface area contributed by atoms with E-state index in [1.165, 1.54) is 69.9 Å². The van der Waals surface area contributed by atoms with Crippen molar-refractivity contribution in [3.8, 4) is 30.2 Å². The highest BCUT2D eigenvalue weighted by atomic mass is 35.5. The molecule has 0 N–H and O–H groups in total. The highest BCUT2D eigenvalue weighted by Gasteiger charge is 2.45. The molecule has 8 atom stereocenters. The first kappa shape index (κ1) is 92.5. The zero-order chi connectivity index (χ0) is 91.0. The molecule has 7 aromatic rings. The Morgan fingerprint density at radius 1 is 0.531 bits per heavy atom. The Labute approximate surface area is 747 Å². The second-order valence-electron chi connectivity index (χ2n) is 34.9. The van der Waals surface area contributed by atoms with E-state index in [4.69, 9.17) is 57.3 Å². The van der Waals surface area contributed by atoms with Crippen LogP contribution >= 0.6 is 11.6 Å². The molecular weight excluding hydrogens is 1680 g/mol. The van der Waals surface area contributed by atoms with Gasteiger partial charge >= 0.3 is 30.4 Å². The Morgan fingerprint density at radius 3 is 1.38 bits per heavy atom. The molecule has 3 amide bonds. The summed E-state index contributed by atoms with van der Waals surface area (Å²) in [6.07, 6.45) is 0.260. The van der Waals surface area contributed by atoms with Crippen LogP contribution in [0.4, 0.5) is 65.2 Å². The van der Waals surface area contributed by atoms with E-state index < -0.39 is 35.3 Å². The van der Waals surface area contributed by atoms with Crippen LogP contribution in [0.15, 0.2) is 117 Å². The number of piperazine rings is 3. The monoisotopic (exact) mass is 1780 g/mol. The van der Waals surface area contributed by atoms with Gasteiger partial charge in [0.15, 0.2) is 0 Å². The van der Waals surface area contributed by atoms with Gasteiger partial charge in [-0.3, -0.25) is 29.1 Å². The zero-order valence-electron chi connectivity index (χ0n) is 73.2. The number of hydrogen-bond acceptors (Lipinski definition) is 23. The fraction of sp³-hybridized carbons (Fsp3) is 0.505. The Hall–Kier alpha value is -11.6. The second kappa shape index (κ2) is 39.9. The molecule has 4 aromatic carbocycles. The standard InChI is InChI=1S/C33H39N7O2.C30H35ClF3N7O2.C30H35F4N7O2/c1-4-31(41)40-17-16-39(20-25(40)12-14-34)32-28-13-15-38(30-11-7-9-24-8-5-6-10-27(24)30)21-29(28)35-33(36-32)42-22-26-18-23(2)19-37(26)3;1-5-26(42)41-12-11-40(16-21(41)14-35-3)28-22-9-10-39(25-8-6-7-23(31)27(25)30(32,33)34)17-24(22)36-29(37-28)43-18-20-13-19(2)15-38(20)4;1-4-25(42)41-16-15-40(17-20(41)9-12-35)27-21-10-14-39(24-8-5-7-22(31)26(24)30(32,33)34)18-23(21)36-28(37-27)43-19-29(2)11-6-13-38(29)3/h4-11,23,25-26H,1,12-13,15-22H2,2-3H3;5-8,19-21H,1,9-18H2,2,4H3;4-5,7-8,20H,1,6,9-11,13-19H2,2-3H3/t23-,25?,26+;19-,20+,21?;20?,29-/m001/s1. The molecule has 128 heavy (non-hydrogen) atoms. The van der Waals surface area contributed by atoms with Crippen molar-refractivity contribution in [2.75, 3.05) is 175 Å². The fourth-order valence-electron chi connectivity index (χ4n) is 19.6. The van der Waals surface area contributed by atoms with Gasteiger partial charge in [0.25, 0.3) is 0 Å². The average Bonchev–Trinajstić information content (AvgIpc) is 0.953. The number of nitriles is 2. The van der Waals surface area contributed by atoms with Crippen LogP contribution in [0.2, 0.25) is 5.02 Å². The van der Waals surface area contributed by atoms with Gasteiger partial charge in [-0.25, -0.2) is 11.0 Å². The zero-order valence-corrected chi connectivity index (χ0v) is 73.9. The summed E-state index contributed by atoms with van der Waals surface area (Å²) < 4.78 is 117. The van der Waals surface area contributed by atoms with E-state index in [9.17, 15) is 55.6 Å². The number of benzene rings is 4. The first-order chi connectivity index (χ1) is 61.4. The van der Waals surface area contributed by atoms with Gasteiger partial charge in [0.1, 0.15) is 54.7 Å². The summed E-state index contributed by atoms with van der Waals surface area (Å²) in [7, 11) is 6.24. The van der Waals surface area contributed by atoms with Crippen LogP contribution in [0.25, 0.3) is 15.6 Å². The summed E-state index contributed by atoms with van der Waals surface area (Å²) in [5.74, 6) is 1.32. The summed E-state index contributed by atoms with van der Waals surface area (Å²) in [4.78, 5) is 93.6. The molecule has 0 spiro atoms. The number of amides is 3. The van der Waals surface area contributed by atoms with E-state index in [0.717, 1.165) is 92.6 Å². The number of nitrogens with zero attached hydrogens (tertiary/aromatic N) is 21. The number of ether oxygens (including phenoxy) is 3. The molecule has 6 fully saturated rings. The fourth-order valence-corrected chi connectivity index (χ4v) is 19.8. The van der Waals surface area contributed by atoms with Gasteiger partial charge in [-0.2, -0.15) is 66.8 Å². The van der Waals surface area contributed by atoms with Crippen molar-refractivity contribution in [3.05, 3.63) is 184 Å². The van der Waals surface area contributed by atoms with Gasteiger partial charge in [-0.15, -0.1) is 0 Å². The number of likely N-dealkylation sites (N-methyl/N-ethyl adjacent to an activating group) is 3. The number of likely N-dealkylation sites (tertiary alicyclic amines) is 3. The molecule has 12 heterocycles. The second-order valence-corrected chi connectivity index (χ2v) is 35.3. The molecule has 9 aliphatic rings. The van der Waals surface area contributed by atoms with E-state index in [2.05, 4.69) is 144 Å². The van der Waals surface area contributed by atoms with E-state index in [-0.39, 0.29) is 109 Å². The third-order valence-electron chi connectivity index (χ3n) is 26.3. The number of carbonyl (C=O) groups excluding carboxylic acids is 3. The molecule has 0 radical (unpaired) electrons. The number of carbonyl (C=O) groups is 3. The highest BCUT2D eigenvalue weighted by molar-refractivity contribution is 6.31. The van der Waals surface area contributed by atoms with Crippen molar-refractivity contribution in [2.45, 2.75) is 146 Å². The maximum atomic E-state index is 14.4. The first-order valence-electron chi connectivity index (χ1n) is 43.6. The van der Waals surface area contributed by atoms with Gasteiger partial charge < -0.3 is 63.2 Å². The molecule has 27 nitrogen and oxygen atoms in total. The normalized spacial score (nSPS) is 22.7. The van der Waals surface area contributed by atoms with E-state index >= 15 is 0 Å². The van der Waals surface area contributed by atoms with Gasteiger partial charge in [0.05, 0.1) is 101 Å². The van der Waals surface area contributed by atoms with Crippen molar-refractivity contribution in [1.29, 1.82) is 10.5 Å². The lowest BCUT2D eigenvalue weighted by atomic mass is 10.0. The predicted octanol–water partition coefficient (Wildman–Crippen LogP) is 12.8. The molecule has 3 unspecified atom stereocenters. The number of alkyl halides is 6. The quantitative estimate of drug-likeness (QED) is 0.0368. The summed E-state index contributed by atoms with van der Waals surface area (Å²) in [5, 5.41) is 21.1. The van der Waals surface area contributed by atoms with Crippen LogP contribution in [0.1, 0.15) is 104 Å². The van der Waals surface area contributed by atoms with Gasteiger partial charge in [0, 0.05) is 131 Å². The van der Waals surface area contributed by atoms with Crippen LogP contribution < -0.4 is 43.6 Å². The molecule has 16 rings (SSSR count). The maximum absolute atomic E-state index is 14.4. The van der Waals surface area contributed by atoms with Crippen molar-refractivity contribution >= 4 is 74.6 Å². The third kappa shape index (κ3) is 20.6. The smallest absolute Gasteiger partial charge is 0.421 e. The molecular formula is C93H109ClF7N21O6. The van der Waals surface area contributed by atoms with Gasteiger partial charge in [-0.1, -0.05) is 93.7 Å². The highest BCUT2D eigenvalue weighted by Crippen LogP contribution is 2.46. The maximum Gasteiger partial charge on any atom is 0.421 e. The molecule has 6 saturated heterocycles. The Bertz CT molecular complexity index is 5390. The van der Waals surface area contributed by atoms with Crippen molar-refractivity contribution < 1.29 is 59.3 Å². The van der Waals surface area contributed by atoms with Crippen LogP contribution in [-0.4, -0.2) is 258 Å². The van der Waals surface area contributed by atoms with Crippen LogP contribution in [0.5, 0.6) is 18.0 Å². The SMILES string of the molecule is C=CC(=O)N1CCN(c2nc(OC[C@@]3(C)CCCN3C)nc3c2CCN(c2cccc(F)c2C(F)(F)F)C3)CC1CC#N.C=CC(=O)N1CCN(c2nc(OC[C@H]3C[C@H](C)CN3C)nc3c2CCN(c2cccc4ccccc24)C3)CC1CC#N.[C-]#[N+]CC1CN(c2nc(OC[C@H]3C[C@H](C)CN3C)nc3c2CCN(c2cccc(Cl)c2C(F)(F)F)C3)CCN1C(=O)C=C. The average molecular weight is 1790 g/mol. The van der Waals surface area contributed by atoms with Gasteiger partial charge in [0.2, 0.25) is 24.3 Å². The third-order valence-corrected chi connectivity index (χ3v) is 26.6. The Balaban J connectivity index is 0.000000155. The molecule has 678 valence electrons. The number of anilines is 6. The van der Waals surface area contributed by atoms with E-state index in [1.807, 2.05) is 16.8 Å². The summed E-state index contributed by atoms with van der Waals surface area (Å²) in [5.41, 5.74) is 3.35. The van der Waals surface area contributed by atoms with Crippen LogP contribution in [0.3, 0.4) is 0 Å². The topological polar surface area (TPSA) is 247 Å². The Kier molecular flexibility index (Phi) is 28.9. The van der Waals surface area contributed by atoms with E-state index in [1.54, 1.807) is 19.6 Å². The lowest BCUT2D eigenvalue weighted by Gasteiger charge is -2.42. The number of fused-ring (bicyclic) bond motifs is 4. The largest absolute Gasteiger partial charge is 0.462 e. The minimum absolute atomic E-state index is 0.00144. The predicted molar refractivity (Wildman–Crippen MR) is 475 cm³/mol. The van der Waals surface area contributed by atoms with Gasteiger partial charge in [-0.05, 0) is 145 Å². The first-order valence-corrected chi connectivity index (χ1v) is 44.0. The van der Waals surface area contributed by atoms with Crippen molar-refractivity contribution in [2.24, 2.45) is 11.8 Å². The summed E-state index contributed by atoms with van der Waals surface area (Å²) in [6.45, 7) is 35.3. The lowest BCUT2D eigenvalue weighted by Crippen LogP contribution is -2.56. The minimum atomic E-state index is -4.87. The number of aromatic nitrogens is 6. The number of halogens is 8. The molecule has 0 aliphatic carbocycles. The van der Waals surface area contributed by atoms with Crippen molar-refractivity contribution in [3.63, 3.8) is 0 Å². The summed E-state index contributed by atoms with van der Waals surface area (Å²) in [6, 6.07) is 27.1. The molecule has 3 aromatic heterocycles. The Morgan fingerprint density at radius 2 is 0.945 bits per heavy atom. The van der Waals surface area contributed by atoms with Crippen LogP contribution in [-0.2, 0) is 65.6 Å². The molecule has 9 aliphatic heterocycles. The molecule has 0 saturated carbocycles. The molecule has 0 bridgehead atoms. The van der Waals surface area contributed by atoms with Crippen molar-refractivity contribution in [1.82, 2.24) is 59.3 Å². The summed E-state index contributed by atoms with van der Waals surface area (Å²) >= 11 is 6.04. The van der Waals surface area contributed by atoms with E-state index in [0.29, 0.717) is 152 Å². The molecule has 35 heteroatoms. The van der Waals surface area contributed by atoms with Crippen LogP contribution in [0, 0.1) is 46.9 Å².